The number of hydrogen-bond donors (Lipinski definition) is 0. The average molecular weight is 270 g/mol. The van der Waals surface area contributed by atoms with Gasteiger partial charge in [-0.2, -0.15) is 0 Å². The Bertz CT molecular complexity index is 439. The highest BCUT2D eigenvalue weighted by Crippen LogP contribution is 2.25. The molecule has 0 heteroatoms. The van der Waals surface area contributed by atoms with E-state index < -0.39 is 0 Å². The molecule has 1 rings (SSSR count). The Morgan fingerprint density at radius 1 is 1.15 bits per heavy atom. The minimum absolute atomic E-state index is 0.690. The Morgan fingerprint density at radius 3 is 2.50 bits per heavy atom. The zero-order valence-electron chi connectivity index (χ0n) is 13.5. The summed E-state index contributed by atoms with van der Waals surface area (Å²) in [6.45, 7) is 15.0. The smallest absolute Gasteiger partial charge is 0.0209 e. The normalized spacial score (nSPS) is 12.2. The molecule has 0 saturated carbocycles. The van der Waals surface area contributed by atoms with Crippen LogP contribution in [0.2, 0.25) is 0 Å². The monoisotopic (exact) mass is 270 g/mol. The molecule has 1 aromatic rings. The molecule has 0 radical (unpaired) electrons. The lowest BCUT2D eigenvalue weighted by atomic mass is 9.89. The first-order valence-electron chi connectivity index (χ1n) is 8.00. The minimum Gasteiger partial charge on any atom is -0.0999 e. The van der Waals surface area contributed by atoms with E-state index in [9.17, 15) is 0 Å². The highest BCUT2D eigenvalue weighted by molar-refractivity contribution is 5.63. The Kier molecular flexibility index (Phi) is 7.36. The maximum Gasteiger partial charge on any atom is -0.0209 e. The second-order valence-electron chi connectivity index (χ2n) is 5.88. The third-order valence-corrected chi connectivity index (χ3v) is 4.11. The fourth-order valence-electron chi connectivity index (χ4n) is 2.70. The first-order chi connectivity index (χ1) is 9.58. The van der Waals surface area contributed by atoms with Crippen molar-refractivity contribution in [2.24, 2.45) is 5.92 Å². The Labute approximate surface area is 125 Å². The van der Waals surface area contributed by atoms with Crippen LogP contribution in [-0.2, 0) is 6.42 Å². The van der Waals surface area contributed by atoms with Crippen LogP contribution in [0.15, 0.2) is 43.0 Å². The van der Waals surface area contributed by atoms with E-state index in [0.717, 1.165) is 12.8 Å². The molecule has 0 aliphatic heterocycles. The Balaban J connectivity index is 2.48. The lowest BCUT2D eigenvalue weighted by molar-refractivity contribution is 0.497. The molecular weight excluding hydrogens is 240 g/mol. The van der Waals surface area contributed by atoms with E-state index in [-0.39, 0.29) is 0 Å². The molecule has 0 amide bonds. The van der Waals surface area contributed by atoms with Crippen molar-refractivity contribution < 1.29 is 0 Å². The van der Waals surface area contributed by atoms with Crippen molar-refractivity contribution in [1.82, 2.24) is 0 Å². The molecule has 0 spiro atoms. The van der Waals surface area contributed by atoms with Gasteiger partial charge in [0, 0.05) is 0 Å². The fourth-order valence-corrected chi connectivity index (χ4v) is 2.70. The quantitative estimate of drug-likeness (QED) is 0.454. The molecule has 0 heterocycles. The summed E-state index contributed by atoms with van der Waals surface area (Å²) >= 11 is 0. The molecule has 0 saturated heterocycles. The molecule has 0 aliphatic rings. The van der Waals surface area contributed by atoms with Crippen molar-refractivity contribution in [2.75, 3.05) is 0 Å². The molecule has 20 heavy (non-hydrogen) atoms. The summed E-state index contributed by atoms with van der Waals surface area (Å²) in [7, 11) is 0. The molecule has 0 bridgehead atoms. The van der Waals surface area contributed by atoms with Crippen LogP contribution >= 0.6 is 0 Å². The van der Waals surface area contributed by atoms with Gasteiger partial charge in [0.1, 0.15) is 0 Å². The van der Waals surface area contributed by atoms with Crippen molar-refractivity contribution in [3.63, 3.8) is 0 Å². The van der Waals surface area contributed by atoms with Gasteiger partial charge >= 0.3 is 0 Å². The van der Waals surface area contributed by atoms with Gasteiger partial charge in [0.25, 0.3) is 0 Å². The number of benzene rings is 1. The van der Waals surface area contributed by atoms with Crippen molar-refractivity contribution in [3.05, 3.63) is 54.1 Å². The number of aryl methyl sites for hydroxylation is 1. The van der Waals surface area contributed by atoms with Crippen LogP contribution in [0.25, 0.3) is 5.57 Å². The first kappa shape index (κ1) is 16.8. The van der Waals surface area contributed by atoms with Crippen LogP contribution in [0.4, 0.5) is 0 Å². The van der Waals surface area contributed by atoms with E-state index in [1.807, 2.05) is 0 Å². The number of hydrogen-bond acceptors (Lipinski definition) is 0. The summed E-state index contributed by atoms with van der Waals surface area (Å²) in [5, 5.41) is 0. The molecule has 110 valence electrons. The van der Waals surface area contributed by atoms with E-state index in [4.69, 9.17) is 0 Å². The molecule has 0 aliphatic carbocycles. The van der Waals surface area contributed by atoms with E-state index in [1.54, 1.807) is 0 Å². The molecule has 1 atom stereocenters. The van der Waals surface area contributed by atoms with E-state index in [0.29, 0.717) is 5.92 Å². The van der Waals surface area contributed by atoms with Crippen molar-refractivity contribution in [1.29, 1.82) is 0 Å². The van der Waals surface area contributed by atoms with Crippen LogP contribution in [0.1, 0.15) is 64.0 Å². The highest BCUT2D eigenvalue weighted by atomic mass is 14.1. The molecule has 0 N–H and O–H groups in total. The highest BCUT2D eigenvalue weighted by Gasteiger charge is 2.09. The van der Waals surface area contributed by atoms with Crippen LogP contribution in [0.3, 0.4) is 0 Å². The van der Waals surface area contributed by atoms with Crippen molar-refractivity contribution in [2.45, 2.75) is 59.3 Å². The third-order valence-electron chi connectivity index (χ3n) is 4.11. The van der Waals surface area contributed by atoms with Gasteiger partial charge in [-0.1, -0.05) is 63.3 Å². The van der Waals surface area contributed by atoms with Gasteiger partial charge < -0.3 is 0 Å². The number of allylic oxidation sites excluding steroid dienone is 2. The van der Waals surface area contributed by atoms with Crippen LogP contribution < -0.4 is 0 Å². The van der Waals surface area contributed by atoms with Gasteiger partial charge in [0.15, 0.2) is 0 Å². The topological polar surface area (TPSA) is 0 Å². The molecule has 0 fully saturated rings. The lowest BCUT2D eigenvalue weighted by Crippen LogP contribution is -2.01. The minimum atomic E-state index is 0.690. The summed E-state index contributed by atoms with van der Waals surface area (Å²) in [6.07, 6.45) is 7.17. The van der Waals surface area contributed by atoms with Gasteiger partial charge in [-0.25, -0.2) is 0 Å². The maximum absolute atomic E-state index is 4.27. The largest absolute Gasteiger partial charge is 0.0999 e. The van der Waals surface area contributed by atoms with Crippen molar-refractivity contribution in [3.8, 4) is 0 Å². The predicted molar refractivity (Wildman–Crippen MR) is 91.9 cm³/mol. The van der Waals surface area contributed by atoms with Crippen LogP contribution in [-0.4, -0.2) is 0 Å². The van der Waals surface area contributed by atoms with Gasteiger partial charge in [0.05, 0.1) is 0 Å². The first-order valence-corrected chi connectivity index (χ1v) is 8.00. The summed E-state index contributed by atoms with van der Waals surface area (Å²) in [5.41, 5.74) is 5.32. The van der Waals surface area contributed by atoms with E-state index in [1.165, 1.54) is 48.0 Å². The van der Waals surface area contributed by atoms with Crippen molar-refractivity contribution >= 4 is 5.57 Å². The van der Waals surface area contributed by atoms with Gasteiger partial charge in [-0.05, 0) is 61.6 Å². The zero-order valence-corrected chi connectivity index (χ0v) is 13.5. The van der Waals surface area contributed by atoms with Gasteiger partial charge in [-0.15, -0.1) is 0 Å². The summed E-state index contributed by atoms with van der Waals surface area (Å²) in [4.78, 5) is 0. The Morgan fingerprint density at radius 2 is 1.90 bits per heavy atom. The molecule has 1 aromatic carbocycles. The third kappa shape index (κ3) is 5.36. The van der Waals surface area contributed by atoms with E-state index >= 15 is 0 Å². The lowest BCUT2D eigenvalue weighted by Gasteiger charge is -2.16. The number of rotatable bonds is 9. The zero-order chi connectivity index (χ0) is 15.0. The summed E-state index contributed by atoms with van der Waals surface area (Å²) < 4.78 is 0. The Hall–Kier alpha value is -1.30. The molecule has 0 aromatic heterocycles. The molecule has 0 nitrogen and oxygen atoms in total. The predicted octanol–water partition coefficient (Wildman–Crippen LogP) is 6.42. The van der Waals surface area contributed by atoms with E-state index in [2.05, 4.69) is 58.2 Å². The standard InChI is InChI=1S/C20H30/c1-6-10-19(16(3)4)13-8-11-17(5)20-14-9-12-18(7-2)15-20/h9,12,14-15,19H,3,5-8,10-11,13H2,1-2,4H3. The second-order valence-corrected chi connectivity index (χ2v) is 5.88. The molecule has 1 unspecified atom stereocenters. The van der Waals surface area contributed by atoms with Gasteiger partial charge in [0.2, 0.25) is 0 Å². The second kappa shape index (κ2) is 8.79. The fraction of sp³-hybridized carbons (Fsp3) is 0.500. The maximum atomic E-state index is 4.27. The molecular formula is C20H30. The summed E-state index contributed by atoms with van der Waals surface area (Å²) in [6, 6.07) is 8.80. The average Bonchev–Trinajstić information content (AvgIpc) is 2.46. The van der Waals surface area contributed by atoms with Crippen LogP contribution in [0.5, 0.6) is 0 Å². The van der Waals surface area contributed by atoms with Crippen LogP contribution in [0, 0.1) is 5.92 Å². The SMILES string of the molecule is C=C(CCCC(CCC)C(=C)C)c1cccc(CC)c1. The summed E-state index contributed by atoms with van der Waals surface area (Å²) in [5.74, 6) is 0.690. The van der Waals surface area contributed by atoms with Gasteiger partial charge in [-0.3, -0.25) is 0 Å².